The SMILES string of the molecule is C1CCOC1.N#CC1CCCc2cc(S(=O)(=O)c3ccccc3)ccc21.NCC1CCCc2cc(S(=O)(=O)c3ccccc3)ccc21.[B]. The minimum Gasteiger partial charge on any atom is -0.381 e. The van der Waals surface area contributed by atoms with Crippen molar-refractivity contribution in [2.24, 2.45) is 5.73 Å². The molecule has 2 aliphatic carbocycles. The zero-order chi connectivity index (χ0) is 33.3. The summed E-state index contributed by atoms with van der Waals surface area (Å²) in [6.07, 6.45) is 8.28. The Morgan fingerprint density at radius 2 is 1.12 bits per heavy atom. The number of benzene rings is 4. The predicted octanol–water partition coefficient (Wildman–Crippen LogP) is 6.78. The summed E-state index contributed by atoms with van der Waals surface area (Å²) in [7, 11) is -6.91. The minimum atomic E-state index is -3.48. The molecule has 0 aromatic heterocycles. The van der Waals surface area contributed by atoms with Crippen molar-refractivity contribution in [3.8, 4) is 6.07 Å². The molecule has 48 heavy (non-hydrogen) atoms. The Hall–Kier alpha value is -3.75. The number of sulfone groups is 2. The average Bonchev–Trinajstić information content (AvgIpc) is 3.72. The molecule has 7 rings (SSSR count). The first-order chi connectivity index (χ1) is 22.8. The molecule has 1 aliphatic heterocycles. The highest BCUT2D eigenvalue weighted by Gasteiger charge is 2.25. The third-order valence-electron chi connectivity index (χ3n) is 8.98. The van der Waals surface area contributed by atoms with Crippen LogP contribution in [0.5, 0.6) is 0 Å². The summed E-state index contributed by atoms with van der Waals surface area (Å²) in [6, 6.07) is 30.0. The molecule has 10 heteroatoms. The van der Waals surface area contributed by atoms with Gasteiger partial charge in [-0.05, 0) is 135 Å². The van der Waals surface area contributed by atoms with Crippen LogP contribution < -0.4 is 5.73 Å². The van der Waals surface area contributed by atoms with Crippen LogP contribution in [0.15, 0.2) is 117 Å². The fourth-order valence-electron chi connectivity index (χ4n) is 6.38. The highest BCUT2D eigenvalue weighted by molar-refractivity contribution is 7.91. The lowest BCUT2D eigenvalue weighted by atomic mass is 9.83. The molecule has 2 atom stereocenters. The van der Waals surface area contributed by atoms with Gasteiger partial charge >= 0.3 is 0 Å². The van der Waals surface area contributed by atoms with Crippen LogP contribution in [0, 0.1) is 11.3 Å². The quantitative estimate of drug-likeness (QED) is 0.230. The van der Waals surface area contributed by atoms with Gasteiger partial charge in [-0.25, -0.2) is 16.8 Å². The number of hydrogen-bond acceptors (Lipinski definition) is 7. The second kappa shape index (κ2) is 17.1. The van der Waals surface area contributed by atoms with Crippen LogP contribution in [0.2, 0.25) is 0 Å². The average molecular weight is 682 g/mol. The van der Waals surface area contributed by atoms with Gasteiger partial charge in [-0.15, -0.1) is 0 Å². The molecule has 1 saturated heterocycles. The molecule has 0 amide bonds. The second-order valence-electron chi connectivity index (χ2n) is 12.1. The summed E-state index contributed by atoms with van der Waals surface area (Å²) in [4.78, 5) is 1.34. The molecule has 249 valence electrons. The molecule has 4 aromatic rings. The Bertz CT molecular complexity index is 1900. The van der Waals surface area contributed by atoms with Crippen molar-refractivity contribution in [1.29, 1.82) is 5.26 Å². The van der Waals surface area contributed by atoms with Crippen LogP contribution in [0.4, 0.5) is 0 Å². The van der Waals surface area contributed by atoms with E-state index >= 15 is 0 Å². The van der Waals surface area contributed by atoms with Crippen LogP contribution in [0.1, 0.15) is 72.6 Å². The van der Waals surface area contributed by atoms with Gasteiger partial charge in [-0.3, -0.25) is 0 Å². The molecule has 1 heterocycles. The van der Waals surface area contributed by atoms with Gasteiger partial charge in [-0.2, -0.15) is 5.26 Å². The number of nitrogens with two attached hydrogens (primary N) is 1. The second-order valence-corrected chi connectivity index (χ2v) is 16.0. The van der Waals surface area contributed by atoms with E-state index in [1.54, 1.807) is 78.9 Å². The number of nitrogens with zero attached hydrogens (tertiary/aromatic N) is 1. The standard InChI is InChI=1S/C17H19NO2S.C17H15NO2S.C4H8O.B/c2*18-12-14-6-4-5-13-11-16(9-10-17(13)14)21(19,20)15-7-2-1-3-8-15;1-2-4-5-3-1;/h1-3,7-11,14H,4-6,12,18H2;1-3,7-11,14H,4-6H2;1-4H2;. The molecule has 1 fully saturated rings. The summed E-state index contributed by atoms with van der Waals surface area (Å²) in [5, 5.41) is 9.18. The zero-order valence-electron chi connectivity index (χ0n) is 27.1. The van der Waals surface area contributed by atoms with Gasteiger partial charge in [0.15, 0.2) is 0 Å². The monoisotopic (exact) mass is 681 g/mol. The predicted molar refractivity (Wildman–Crippen MR) is 189 cm³/mol. The molecule has 0 spiro atoms. The largest absolute Gasteiger partial charge is 0.381 e. The molecule has 2 N–H and O–H groups in total. The van der Waals surface area contributed by atoms with E-state index in [1.807, 2.05) is 18.2 Å². The Balaban J connectivity index is 0.000000186. The van der Waals surface area contributed by atoms with Crippen LogP contribution in [0.3, 0.4) is 0 Å². The van der Waals surface area contributed by atoms with Crippen molar-refractivity contribution >= 4 is 28.1 Å². The van der Waals surface area contributed by atoms with Crippen LogP contribution in [-0.2, 0) is 37.3 Å². The first-order valence-corrected chi connectivity index (χ1v) is 19.3. The lowest BCUT2D eigenvalue weighted by molar-refractivity contribution is 0.198. The van der Waals surface area contributed by atoms with E-state index in [1.165, 1.54) is 18.4 Å². The van der Waals surface area contributed by atoms with Gasteiger partial charge in [0, 0.05) is 21.6 Å². The summed E-state index contributed by atoms with van der Waals surface area (Å²) in [5.41, 5.74) is 10.1. The molecule has 2 unspecified atom stereocenters. The molecule has 4 aromatic carbocycles. The lowest BCUT2D eigenvalue weighted by Crippen LogP contribution is -2.18. The van der Waals surface area contributed by atoms with E-state index in [4.69, 9.17) is 10.5 Å². The number of aryl methyl sites for hydroxylation is 2. The topological polar surface area (TPSA) is 127 Å². The summed E-state index contributed by atoms with van der Waals surface area (Å²) in [5.74, 6) is 0.254. The number of rotatable bonds is 5. The number of ether oxygens (including phenoxy) is 1. The van der Waals surface area contributed by atoms with Gasteiger partial charge in [0.25, 0.3) is 0 Å². The first kappa shape index (κ1) is 37.1. The summed E-state index contributed by atoms with van der Waals surface area (Å²) in [6.45, 7) is 2.62. The first-order valence-electron chi connectivity index (χ1n) is 16.3. The minimum absolute atomic E-state index is 0. The van der Waals surface area contributed by atoms with Crippen molar-refractivity contribution in [3.63, 3.8) is 0 Å². The number of fused-ring (bicyclic) bond motifs is 2. The summed E-state index contributed by atoms with van der Waals surface area (Å²) >= 11 is 0. The van der Waals surface area contributed by atoms with Gasteiger partial charge in [0.1, 0.15) is 0 Å². The van der Waals surface area contributed by atoms with Gasteiger partial charge in [0.05, 0.1) is 31.6 Å². The Morgan fingerprint density at radius 3 is 1.58 bits per heavy atom. The highest BCUT2D eigenvalue weighted by atomic mass is 32.2. The van der Waals surface area contributed by atoms with Crippen molar-refractivity contribution in [3.05, 3.63) is 119 Å². The zero-order valence-corrected chi connectivity index (χ0v) is 28.8. The molecule has 0 saturated carbocycles. The molecule has 7 nitrogen and oxygen atoms in total. The maximum Gasteiger partial charge on any atom is 0.206 e. The lowest BCUT2D eigenvalue weighted by Gasteiger charge is -2.24. The fourth-order valence-corrected chi connectivity index (χ4v) is 9.04. The summed E-state index contributed by atoms with van der Waals surface area (Å²) < 4.78 is 55.4. The van der Waals surface area contributed by atoms with E-state index in [-0.39, 0.29) is 14.3 Å². The molecule has 3 aliphatic rings. The van der Waals surface area contributed by atoms with Crippen LogP contribution >= 0.6 is 0 Å². The van der Waals surface area contributed by atoms with Gasteiger partial charge < -0.3 is 10.5 Å². The Morgan fingerprint density at radius 1 is 0.646 bits per heavy atom. The molecule has 3 radical (unpaired) electrons. The smallest absolute Gasteiger partial charge is 0.206 e. The van der Waals surface area contributed by atoms with E-state index < -0.39 is 19.7 Å². The van der Waals surface area contributed by atoms with Crippen LogP contribution in [-0.4, -0.2) is 45.0 Å². The van der Waals surface area contributed by atoms with Crippen molar-refractivity contribution in [2.45, 2.75) is 82.8 Å². The van der Waals surface area contributed by atoms with E-state index in [9.17, 15) is 22.1 Å². The third kappa shape index (κ3) is 8.64. The number of hydrogen-bond donors (Lipinski definition) is 1. The highest BCUT2D eigenvalue weighted by Crippen LogP contribution is 2.35. The normalized spacial score (nSPS) is 18.2. The third-order valence-corrected chi connectivity index (χ3v) is 12.5. The molecular formula is C38H42BN2O5S2. The maximum absolute atomic E-state index is 12.6. The van der Waals surface area contributed by atoms with Crippen molar-refractivity contribution < 1.29 is 21.6 Å². The Labute approximate surface area is 287 Å². The van der Waals surface area contributed by atoms with E-state index in [0.717, 1.165) is 68.4 Å². The molecule has 0 bridgehead atoms. The fraction of sp³-hybridized carbons (Fsp3) is 0.342. The van der Waals surface area contributed by atoms with Crippen molar-refractivity contribution in [1.82, 2.24) is 0 Å². The Kier molecular flexibility index (Phi) is 13.2. The van der Waals surface area contributed by atoms with Gasteiger partial charge in [-0.1, -0.05) is 48.5 Å². The molecular weight excluding hydrogens is 639 g/mol. The van der Waals surface area contributed by atoms with Crippen molar-refractivity contribution in [2.75, 3.05) is 19.8 Å². The number of nitriles is 1. The van der Waals surface area contributed by atoms with E-state index in [2.05, 4.69) is 6.07 Å². The maximum atomic E-state index is 12.6. The van der Waals surface area contributed by atoms with Crippen LogP contribution in [0.25, 0.3) is 0 Å². The van der Waals surface area contributed by atoms with E-state index in [0.29, 0.717) is 32.0 Å². The van der Waals surface area contributed by atoms with Gasteiger partial charge in [0.2, 0.25) is 19.7 Å².